The lowest BCUT2D eigenvalue weighted by atomic mass is 9.79. The highest BCUT2D eigenvalue weighted by molar-refractivity contribution is 5.56. The molecule has 8 heteroatoms. The van der Waals surface area contributed by atoms with E-state index in [0.717, 1.165) is 18.6 Å². The Labute approximate surface area is 144 Å². The average Bonchev–Trinajstić information content (AvgIpc) is 3.02. The average molecular weight is 355 g/mol. The highest BCUT2D eigenvalue weighted by Crippen LogP contribution is 2.39. The van der Waals surface area contributed by atoms with Gasteiger partial charge in [0, 0.05) is 25.1 Å². The molecular formula is C17H20F3N3O2. The largest absolute Gasteiger partial charge is 0.433 e. The summed E-state index contributed by atoms with van der Waals surface area (Å²) in [4.78, 5) is 5.48. The number of nitrogens with zero attached hydrogens (tertiary/aromatic N) is 3. The first-order valence-corrected chi connectivity index (χ1v) is 8.29. The lowest BCUT2D eigenvalue weighted by molar-refractivity contribution is -0.141. The molecule has 3 atom stereocenters. The summed E-state index contributed by atoms with van der Waals surface area (Å²) in [6.07, 6.45) is -2.62. The quantitative estimate of drug-likeness (QED) is 0.883. The Bertz CT molecular complexity index is 685. The molecule has 3 heterocycles. The van der Waals surface area contributed by atoms with Crippen molar-refractivity contribution in [1.82, 2.24) is 4.98 Å². The van der Waals surface area contributed by atoms with Crippen molar-refractivity contribution < 1.29 is 23.0 Å². The number of alkyl halides is 3. The molecule has 2 fully saturated rings. The van der Waals surface area contributed by atoms with E-state index in [1.54, 1.807) is 11.8 Å². The van der Waals surface area contributed by atoms with Crippen molar-refractivity contribution in [3.8, 4) is 6.07 Å². The first kappa shape index (κ1) is 18.0. The van der Waals surface area contributed by atoms with Crippen molar-refractivity contribution >= 4 is 5.82 Å². The molecular weight excluding hydrogens is 335 g/mol. The molecule has 0 radical (unpaired) electrons. The van der Waals surface area contributed by atoms with Crippen molar-refractivity contribution in [2.45, 2.75) is 44.0 Å². The van der Waals surface area contributed by atoms with Gasteiger partial charge in [-0.25, -0.2) is 4.98 Å². The molecule has 2 saturated heterocycles. The number of aromatic nitrogens is 1. The van der Waals surface area contributed by atoms with Gasteiger partial charge in [0.05, 0.1) is 17.8 Å². The number of anilines is 1. The van der Waals surface area contributed by atoms with E-state index in [2.05, 4.69) is 4.98 Å². The normalized spacial score (nSPS) is 30.3. The van der Waals surface area contributed by atoms with Crippen LogP contribution in [0.3, 0.4) is 0 Å². The number of nitriles is 1. The fourth-order valence-electron chi connectivity index (χ4n) is 3.77. The molecule has 0 aliphatic carbocycles. The summed E-state index contributed by atoms with van der Waals surface area (Å²) in [5.41, 5.74) is -1.87. The van der Waals surface area contributed by atoms with Crippen LogP contribution in [0.2, 0.25) is 0 Å². The second kappa shape index (κ2) is 6.46. The Hall–Kier alpha value is -1.85. The van der Waals surface area contributed by atoms with Crippen LogP contribution in [-0.2, 0) is 10.9 Å². The summed E-state index contributed by atoms with van der Waals surface area (Å²) in [7, 11) is 0. The summed E-state index contributed by atoms with van der Waals surface area (Å²) in [5.74, 6) is -0.201. The number of pyridine rings is 1. The summed E-state index contributed by atoms with van der Waals surface area (Å²) < 4.78 is 44.6. The highest BCUT2D eigenvalue weighted by atomic mass is 19.4. The number of rotatable bonds is 2. The van der Waals surface area contributed by atoms with Gasteiger partial charge >= 0.3 is 6.18 Å². The predicted octanol–water partition coefficient (Wildman–Crippen LogP) is 2.73. The maximum atomic E-state index is 13.0. The van der Waals surface area contributed by atoms with Gasteiger partial charge in [0.2, 0.25) is 0 Å². The molecule has 1 aromatic heterocycles. The molecule has 0 bridgehead atoms. The van der Waals surface area contributed by atoms with E-state index < -0.39 is 17.5 Å². The van der Waals surface area contributed by atoms with E-state index >= 15 is 0 Å². The third-order valence-corrected chi connectivity index (χ3v) is 5.17. The minimum Gasteiger partial charge on any atom is -0.390 e. The van der Waals surface area contributed by atoms with Crippen LogP contribution in [0, 0.1) is 17.2 Å². The molecule has 1 N–H and O–H groups in total. The summed E-state index contributed by atoms with van der Waals surface area (Å²) in [6.45, 7) is 3.04. The van der Waals surface area contributed by atoms with Crippen LogP contribution in [0.1, 0.15) is 37.4 Å². The Morgan fingerprint density at radius 2 is 2.20 bits per heavy atom. The molecule has 0 aromatic carbocycles. The van der Waals surface area contributed by atoms with Crippen LogP contribution in [0.25, 0.3) is 0 Å². The summed E-state index contributed by atoms with van der Waals surface area (Å²) in [5, 5.41) is 20.0. The van der Waals surface area contributed by atoms with Gasteiger partial charge in [0.25, 0.3) is 0 Å². The van der Waals surface area contributed by atoms with Crippen LogP contribution < -0.4 is 4.90 Å². The predicted molar refractivity (Wildman–Crippen MR) is 83.9 cm³/mol. The van der Waals surface area contributed by atoms with Crippen molar-refractivity contribution in [2.24, 2.45) is 5.92 Å². The van der Waals surface area contributed by atoms with E-state index in [-0.39, 0.29) is 23.3 Å². The van der Waals surface area contributed by atoms with Gasteiger partial charge in [-0.05, 0) is 38.3 Å². The second-order valence-electron chi connectivity index (χ2n) is 6.87. The van der Waals surface area contributed by atoms with Crippen LogP contribution in [0.15, 0.2) is 12.1 Å². The van der Waals surface area contributed by atoms with E-state index in [1.165, 1.54) is 0 Å². The van der Waals surface area contributed by atoms with E-state index in [4.69, 9.17) is 4.74 Å². The van der Waals surface area contributed by atoms with Crippen molar-refractivity contribution in [3.05, 3.63) is 23.4 Å². The summed E-state index contributed by atoms with van der Waals surface area (Å²) >= 11 is 0. The van der Waals surface area contributed by atoms with E-state index in [9.17, 15) is 23.5 Å². The first-order valence-electron chi connectivity index (χ1n) is 8.29. The lowest BCUT2D eigenvalue weighted by Gasteiger charge is -2.43. The van der Waals surface area contributed by atoms with Gasteiger partial charge in [0.1, 0.15) is 17.6 Å². The maximum Gasteiger partial charge on any atom is 0.433 e. The van der Waals surface area contributed by atoms with Crippen LogP contribution in [-0.4, -0.2) is 41.5 Å². The van der Waals surface area contributed by atoms with Crippen LogP contribution >= 0.6 is 0 Å². The smallest absolute Gasteiger partial charge is 0.390 e. The zero-order valence-corrected chi connectivity index (χ0v) is 13.9. The van der Waals surface area contributed by atoms with Gasteiger partial charge in [-0.1, -0.05) is 0 Å². The van der Waals surface area contributed by atoms with Gasteiger partial charge in [-0.2, -0.15) is 18.4 Å². The molecule has 25 heavy (non-hydrogen) atoms. The first-order chi connectivity index (χ1) is 11.7. The van der Waals surface area contributed by atoms with Gasteiger partial charge < -0.3 is 14.7 Å². The maximum absolute atomic E-state index is 13.0. The third-order valence-electron chi connectivity index (χ3n) is 5.17. The molecule has 3 unspecified atom stereocenters. The Morgan fingerprint density at radius 3 is 2.84 bits per heavy atom. The van der Waals surface area contributed by atoms with Crippen LogP contribution in [0.5, 0.6) is 0 Å². The van der Waals surface area contributed by atoms with E-state index in [1.807, 2.05) is 6.07 Å². The van der Waals surface area contributed by atoms with Gasteiger partial charge in [0.15, 0.2) is 0 Å². The molecule has 2 aliphatic rings. The molecule has 3 rings (SSSR count). The molecule has 2 aliphatic heterocycles. The number of hydrogen-bond acceptors (Lipinski definition) is 5. The topological polar surface area (TPSA) is 69.4 Å². The standard InChI is InChI=1S/C17H20F3N3O2/c1-16(24)6-8-25-10-12(16)13-3-2-7-23(13)15-11(9-21)4-5-14(22-15)17(18,19)20/h4-5,12-13,24H,2-3,6-8,10H2,1H3. The molecule has 1 aromatic rings. The van der Waals surface area contributed by atoms with Crippen molar-refractivity contribution in [2.75, 3.05) is 24.7 Å². The lowest BCUT2D eigenvalue weighted by Crippen LogP contribution is -2.53. The SMILES string of the molecule is CC1(O)CCOCC1C1CCCN1c1nc(C(F)(F)F)ccc1C#N. The zero-order chi connectivity index (χ0) is 18.2. The molecule has 5 nitrogen and oxygen atoms in total. The molecule has 0 spiro atoms. The number of ether oxygens (including phenoxy) is 1. The molecule has 0 saturated carbocycles. The highest BCUT2D eigenvalue weighted by Gasteiger charge is 2.45. The van der Waals surface area contributed by atoms with Crippen LogP contribution in [0.4, 0.5) is 19.0 Å². The Morgan fingerprint density at radius 1 is 1.44 bits per heavy atom. The third kappa shape index (κ3) is 3.44. The fraction of sp³-hybridized carbons (Fsp3) is 0.647. The zero-order valence-electron chi connectivity index (χ0n) is 13.9. The Kier molecular flexibility index (Phi) is 4.64. The second-order valence-corrected chi connectivity index (χ2v) is 6.87. The van der Waals surface area contributed by atoms with Gasteiger partial charge in [-0.15, -0.1) is 0 Å². The fourth-order valence-corrected chi connectivity index (χ4v) is 3.77. The summed E-state index contributed by atoms with van der Waals surface area (Å²) in [6, 6.07) is 3.71. The van der Waals surface area contributed by atoms with Crippen molar-refractivity contribution in [3.63, 3.8) is 0 Å². The number of hydrogen-bond donors (Lipinski definition) is 1. The minimum atomic E-state index is -4.57. The monoisotopic (exact) mass is 355 g/mol. The number of aliphatic hydroxyl groups is 1. The van der Waals surface area contributed by atoms with Crippen molar-refractivity contribution in [1.29, 1.82) is 5.26 Å². The number of halogens is 3. The van der Waals surface area contributed by atoms with Gasteiger partial charge in [-0.3, -0.25) is 0 Å². The Balaban J connectivity index is 1.98. The molecule has 136 valence electrons. The minimum absolute atomic E-state index is 0.0428. The van der Waals surface area contributed by atoms with E-state index in [0.29, 0.717) is 32.6 Å². The molecule has 0 amide bonds.